The number of fused-ring (bicyclic) bond motifs is 1. The summed E-state index contributed by atoms with van der Waals surface area (Å²) in [7, 11) is 1.62. The Labute approximate surface area is 180 Å². The average Bonchev–Trinajstić information content (AvgIpc) is 2.78. The predicted octanol–water partition coefficient (Wildman–Crippen LogP) is 1.67. The number of nitrogens with zero attached hydrogens (tertiary/aromatic N) is 2. The van der Waals surface area contributed by atoms with Crippen LogP contribution in [0.5, 0.6) is 5.75 Å². The molecule has 8 heteroatoms. The molecule has 164 valence electrons. The summed E-state index contributed by atoms with van der Waals surface area (Å²) in [6.45, 7) is 6.53. The summed E-state index contributed by atoms with van der Waals surface area (Å²) in [4.78, 5) is 44.8. The van der Waals surface area contributed by atoms with Crippen LogP contribution in [0.15, 0.2) is 23.1 Å². The molecular formula is C23H27N3O5. The van der Waals surface area contributed by atoms with E-state index in [2.05, 4.69) is 4.98 Å². The van der Waals surface area contributed by atoms with Crippen molar-refractivity contribution in [3.63, 3.8) is 0 Å². The summed E-state index contributed by atoms with van der Waals surface area (Å²) in [6.07, 6.45) is 2.09. The minimum absolute atomic E-state index is 0.0771. The number of pyridine rings is 1. The number of aromatic nitrogens is 1. The van der Waals surface area contributed by atoms with Crippen molar-refractivity contribution in [1.29, 1.82) is 0 Å². The molecule has 0 bridgehead atoms. The third-order valence-electron chi connectivity index (χ3n) is 6.00. The Bertz CT molecular complexity index is 1060. The zero-order valence-corrected chi connectivity index (χ0v) is 18.1. The van der Waals surface area contributed by atoms with Crippen LogP contribution in [0, 0.1) is 13.8 Å². The van der Waals surface area contributed by atoms with E-state index >= 15 is 0 Å². The molecule has 0 atom stereocenters. The third-order valence-corrected chi connectivity index (χ3v) is 6.00. The third kappa shape index (κ3) is 3.95. The van der Waals surface area contributed by atoms with Gasteiger partial charge in [0.15, 0.2) is 0 Å². The van der Waals surface area contributed by atoms with Crippen molar-refractivity contribution in [3.8, 4) is 5.75 Å². The molecule has 31 heavy (non-hydrogen) atoms. The number of H-pyrrole nitrogens is 1. The number of hydrogen-bond donors (Lipinski definition) is 1. The van der Waals surface area contributed by atoms with Gasteiger partial charge in [-0.1, -0.05) is 0 Å². The number of carbonyl (C=O) groups is 2. The summed E-state index contributed by atoms with van der Waals surface area (Å²) in [5.41, 5.74) is 3.79. The van der Waals surface area contributed by atoms with E-state index in [0.717, 1.165) is 28.0 Å². The number of benzene rings is 1. The zero-order valence-electron chi connectivity index (χ0n) is 18.1. The normalized spacial score (nSPS) is 16.1. The van der Waals surface area contributed by atoms with Gasteiger partial charge < -0.3 is 24.3 Å². The van der Waals surface area contributed by atoms with Crippen LogP contribution in [0.4, 0.5) is 0 Å². The maximum Gasteiger partial charge on any atom is 0.261 e. The van der Waals surface area contributed by atoms with Gasteiger partial charge in [0.2, 0.25) is 0 Å². The molecule has 1 N–H and O–H groups in total. The molecule has 0 aliphatic carbocycles. The Morgan fingerprint density at radius 3 is 2.35 bits per heavy atom. The number of carbonyl (C=O) groups excluding carboxylic acids is 2. The van der Waals surface area contributed by atoms with Gasteiger partial charge >= 0.3 is 0 Å². The molecule has 1 aromatic heterocycles. The van der Waals surface area contributed by atoms with Crippen molar-refractivity contribution in [2.45, 2.75) is 26.8 Å². The summed E-state index contributed by atoms with van der Waals surface area (Å²) >= 11 is 0. The number of hydrogen-bond acceptors (Lipinski definition) is 5. The second-order valence-electron chi connectivity index (χ2n) is 8.02. The molecule has 0 saturated carbocycles. The van der Waals surface area contributed by atoms with Gasteiger partial charge in [-0.3, -0.25) is 14.4 Å². The molecule has 8 nitrogen and oxygen atoms in total. The first-order valence-electron chi connectivity index (χ1n) is 10.5. The van der Waals surface area contributed by atoms with Gasteiger partial charge in [-0.25, -0.2) is 0 Å². The Hall–Kier alpha value is -3.13. The minimum Gasteiger partial charge on any atom is -0.496 e. The molecule has 1 saturated heterocycles. The molecule has 2 aromatic rings. The van der Waals surface area contributed by atoms with Crippen LogP contribution in [0.1, 0.15) is 43.0 Å². The van der Waals surface area contributed by atoms with Crippen LogP contribution < -0.4 is 10.3 Å². The summed E-state index contributed by atoms with van der Waals surface area (Å²) in [5.74, 6) is 0.443. The maximum atomic E-state index is 13.2. The lowest BCUT2D eigenvalue weighted by Gasteiger charge is -2.32. The van der Waals surface area contributed by atoms with E-state index in [1.165, 1.54) is 0 Å². The van der Waals surface area contributed by atoms with Crippen LogP contribution in [0.25, 0.3) is 0 Å². The highest BCUT2D eigenvalue weighted by Crippen LogP contribution is 2.27. The number of morpholine rings is 1. The Morgan fingerprint density at radius 1 is 1.03 bits per heavy atom. The highest BCUT2D eigenvalue weighted by molar-refractivity contribution is 5.97. The van der Waals surface area contributed by atoms with Crippen molar-refractivity contribution < 1.29 is 19.1 Å². The van der Waals surface area contributed by atoms with E-state index in [9.17, 15) is 14.4 Å². The zero-order chi connectivity index (χ0) is 22.1. The molecule has 0 radical (unpaired) electrons. The first-order valence-corrected chi connectivity index (χ1v) is 10.5. The highest BCUT2D eigenvalue weighted by atomic mass is 16.5. The summed E-state index contributed by atoms with van der Waals surface area (Å²) in [5, 5.41) is 0. The summed E-state index contributed by atoms with van der Waals surface area (Å²) in [6, 6.07) is 3.67. The quantitative estimate of drug-likeness (QED) is 0.808. The molecule has 3 heterocycles. The lowest BCUT2D eigenvalue weighted by Crippen LogP contribution is -2.44. The summed E-state index contributed by atoms with van der Waals surface area (Å²) < 4.78 is 10.7. The monoisotopic (exact) mass is 425 g/mol. The second kappa shape index (κ2) is 8.55. The first-order chi connectivity index (χ1) is 14.9. The standard InChI is InChI=1S/C23H27N3O5/c1-14-10-16(11-15(2)20(14)30-3)22(28)26-5-4-18-17(13-26)12-24-21(27)19(18)23(29)25-6-8-31-9-7-25/h10-12H,4-9,13H2,1-3H3,(H,24,27). The highest BCUT2D eigenvalue weighted by Gasteiger charge is 2.30. The van der Waals surface area contributed by atoms with Crippen LogP contribution >= 0.6 is 0 Å². The van der Waals surface area contributed by atoms with Crippen molar-refractivity contribution in [1.82, 2.24) is 14.8 Å². The van der Waals surface area contributed by atoms with Crippen molar-refractivity contribution >= 4 is 11.8 Å². The van der Waals surface area contributed by atoms with E-state index in [1.54, 1.807) is 23.1 Å². The molecule has 4 rings (SSSR count). The fourth-order valence-electron chi connectivity index (χ4n) is 4.47. The van der Waals surface area contributed by atoms with Crippen molar-refractivity contribution in [3.05, 3.63) is 62.1 Å². The molecule has 2 aliphatic heterocycles. The van der Waals surface area contributed by atoms with Crippen molar-refractivity contribution in [2.75, 3.05) is 40.0 Å². The molecular weight excluding hydrogens is 398 g/mol. The topological polar surface area (TPSA) is 91.9 Å². The van der Waals surface area contributed by atoms with Crippen LogP contribution in [-0.2, 0) is 17.7 Å². The average molecular weight is 425 g/mol. The largest absolute Gasteiger partial charge is 0.496 e. The van der Waals surface area contributed by atoms with Crippen LogP contribution in [0.2, 0.25) is 0 Å². The number of aromatic amines is 1. The molecule has 2 amide bonds. The number of ether oxygens (including phenoxy) is 2. The first kappa shape index (κ1) is 21.1. The maximum absolute atomic E-state index is 13.2. The number of methoxy groups -OCH3 is 1. The Morgan fingerprint density at radius 2 is 1.71 bits per heavy atom. The lowest BCUT2D eigenvalue weighted by atomic mass is 9.95. The fraction of sp³-hybridized carbons (Fsp3) is 0.435. The van der Waals surface area contributed by atoms with Gasteiger partial charge in [0.05, 0.1) is 20.3 Å². The van der Waals surface area contributed by atoms with Gasteiger partial charge in [-0.05, 0) is 54.7 Å². The van der Waals surface area contributed by atoms with Gasteiger partial charge in [-0.15, -0.1) is 0 Å². The smallest absolute Gasteiger partial charge is 0.261 e. The van der Waals surface area contributed by atoms with E-state index in [0.29, 0.717) is 51.4 Å². The number of amides is 2. The van der Waals surface area contributed by atoms with Gasteiger partial charge in [0, 0.05) is 37.9 Å². The van der Waals surface area contributed by atoms with Crippen molar-refractivity contribution in [2.24, 2.45) is 0 Å². The second-order valence-corrected chi connectivity index (χ2v) is 8.02. The van der Waals surface area contributed by atoms with Gasteiger partial charge in [0.1, 0.15) is 11.3 Å². The Balaban J connectivity index is 1.60. The van der Waals surface area contributed by atoms with Crippen LogP contribution in [0.3, 0.4) is 0 Å². The molecule has 1 aromatic carbocycles. The predicted molar refractivity (Wildman–Crippen MR) is 115 cm³/mol. The Kier molecular flexibility index (Phi) is 5.82. The minimum atomic E-state index is -0.378. The van der Waals surface area contributed by atoms with E-state index in [4.69, 9.17) is 9.47 Å². The molecule has 2 aliphatic rings. The number of aryl methyl sites for hydroxylation is 2. The fourth-order valence-corrected chi connectivity index (χ4v) is 4.47. The van der Waals surface area contributed by atoms with E-state index < -0.39 is 0 Å². The van der Waals surface area contributed by atoms with E-state index in [-0.39, 0.29) is 22.9 Å². The molecule has 0 unspecified atom stereocenters. The van der Waals surface area contributed by atoms with Gasteiger partial charge in [0.25, 0.3) is 17.4 Å². The van der Waals surface area contributed by atoms with E-state index in [1.807, 2.05) is 26.0 Å². The molecule has 1 fully saturated rings. The van der Waals surface area contributed by atoms with Crippen LogP contribution in [-0.4, -0.2) is 66.6 Å². The number of rotatable bonds is 3. The van der Waals surface area contributed by atoms with Gasteiger partial charge in [-0.2, -0.15) is 0 Å². The SMILES string of the molecule is COc1c(C)cc(C(=O)N2CCc3c(c[nH]c(=O)c3C(=O)N3CCOCC3)C2)cc1C. The number of nitrogens with one attached hydrogen (secondary N) is 1. The molecule has 0 spiro atoms. The lowest BCUT2D eigenvalue weighted by molar-refractivity contribution is 0.0300.